The standard InChI is InChI=1S/C17H18O3S/c1-13-6-2-3-7-14(13)12-21-11-10-20-16-9-5-4-8-15(16)17(18)19/h2-9H,10-12H2,1H3,(H,18,19). The van der Waals surface area contributed by atoms with Crippen LogP contribution in [0.15, 0.2) is 48.5 Å². The summed E-state index contributed by atoms with van der Waals surface area (Å²) in [6.45, 7) is 2.61. The third-order valence-electron chi connectivity index (χ3n) is 3.12. The van der Waals surface area contributed by atoms with Crippen LogP contribution in [0.3, 0.4) is 0 Å². The molecule has 0 aromatic heterocycles. The predicted molar refractivity (Wildman–Crippen MR) is 86.2 cm³/mol. The Bertz CT molecular complexity index is 610. The first-order chi connectivity index (χ1) is 10.2. The van der Waals surface area contributed by atoms with Crippen molar-refractivity contribution >= 4 is 17.7 Å². The maximum atomic E-state index is 11.0. The number of hydrogen-bond acceptors (Lipinski definition) is 3. The number of rotatable bonds is 7. The Morgan fingerprint density at radius 3 is 2.62 bits per heavy atom. The minimum absolute atomic E-state index is 0.210. The Morgan fingerprint density at radius 2 is 1.86 bits per heavy atom. The van der Waals surface area contributed by atoms with E-state index < -0.39 is 5.97 Å². The lowest BCUT2D eigenvalue weighted by Crippen LogP contribution is -2.06. The van der Waals surface area contributed by atoms with E-state index in [1.807, 2.05) is 12.1 Å². The van der Waals surface area contributed by atoms with Gasteiger partial charge in [0.25, 0.3) is 0 Å². The van der Waals surface area contributed by atoms with Gasteiger partial charge in [0.15, 0.2) is 0 Å². The molecule has 2 rings (SSSR count). The first-order valence-corrected chi connectivity index (χ1v) is 7.91. The molecule has 21 heavy (non-hydrogen) atoms. The molecular formula is C17H18O3S. The fourth-order valence-electron chi connectivity index (χ4n) is 1.93. The van der Waals surface area contributed by atoms with Crippen LogP contribution < -0.4 is 4.74 Å². The highest BCUT2D eigenvalue weighted by molar-refractivity contribution is 7.98. The number of hydrogen-bond donors (Lipinski definition) is 1. The zero-order valence-corrected chi connectivity index (χ0v) is 12.7. The van der Waals surface area contributed by atoms with Crippen LogP contribution in [0.4, 0.5) is 0 Å². The van der Waals surface area contributed by atoms with Crippen LogP contribution in [0.5, 0.6) is 5.75 Å². The highest BCUT2D eigenvalue weighted by Gasteiger charge is 2.09. The zero-order valence-electron chi connectivity index (χ0n) is 11.9. The van der Waals surface area contributed by atoms with Gasteiger partial charge in [0.05, 0.1) is 6.61 Å². The quantitative estimate of drug-likeness (QED) is 0.785. The van der Waals surface area contributed by atoms with Gasteiger partial charge in [-0.3, -0.25) is 0 Å². The number of benzene rings is 2. The Hall–Kier alpha value is -1.94. The van der Waals surface area contributed by atoms with Crippen molar-refractivity contribution in [3.05, 3.63) is 65.2 Å². The van der Waals surface area contributed by atoms with Crippen LogP contribution in [-0.4, -0.2) is 23.4 Å². The number of carboxylic acids is 1. The fraction of sp³-hybridized carbons (Fsp3) is 0.235. The molecule has 0 radical (unpaired) electrons. The summed E-state index contributed by atoms with van der Waals surface area (Å²) in [5.74, 6) is 1.23. The highest BCUT2D eigenvalue weighted by atomic mass is 32.2. The first kappa shape index (κ1) is 15.4. The molecule has 0 fully saturated rings. The van der Waals surface area contributed by atoms with Crippen LogP contribution in [0, 0.1) is 6.92 Å². The summed E-state index contributed by atoms with van der Waals surface area (Å²) in [4.78, 5) is 11.0. The van der Waals surface area contributed by atoms with Gasteiger partial charge in [-0.1, -0.05) is 36.4 Å². The maximum absolute atomic E-state index is 11.0. The normalized spacial score (nSPS) is 10.3. The molecule has 4 heteroatoms. The molecule has 0 saturated heterocycles. The topological polar surface area (TPSA) is 46.5 Å². The molecule has 0 bridgehead atoms. The number of aromatic carboxylic acids is 1. The van der Waals surface area contributed by atoms with E-state index in [0.29, 0.717) is 12.4 Å². The number of ether oxygens (including phenoxy) is 1. The van der Waals surface area contributed by atoms with Crippen molar-refractivity contribution in [2.24, 2.45) is 0 Å². The molecule has 110 valence electrons. The van der Waals surface area contributed by atoms with Crippen molar-refractivity contribution in [2.45, 2.75) is 12.7 Å². The molecule has 2 aromatic rings. The molecular weight excluding hydrogens is 284 g/mol. The van der Waals surface area contributed by atoms with Gasteiger partial charge in [-0.05, 0) is 30.2 Å². The van der Waals surface area contributed by atoms with Crippen molar-refractivity contribution < 1.29 is 14.6 Å². The van der Waals surface area contributed by atoms with Crippen LogP contribution in [0.1, 0.15) is 21.5 Å². The minimum atomic E-state index is -0.960. The van der Waals surface area contributed by atoms with Gasteiger partial charge in [0.1, 0.15) is 11.3 Å². The van der Waals surface area contributed by atoms with Crippen molar-refractivity contribution in [3.8, 4) is 5.75 Å². The van der Waals surface area contributed by atoms with E-state index in [0.717, 1.165) is 11.5 Å². The van der Waals surface area contributed by atoms with Gasteiger partial charge in [-0.15, -0.1) is 0 Å². The lowest BCUT2D eigenvalue weighted by molar-refractivity contribution is 0.0692. The lowest BCUT2D eigenvalue weighted by atomic mass is 10.1. The lowest BCUT2D eigenvalue weighted by Gasteiger charge is -2.09. The van der Waals surface area contributed by atoms with Gasteiger partial charge in [-0.2, -0.15) is 11.8 Å². The molecule has 0 saturated carbocycles. The summed E-state index contributed by atoms with van der Waals surface area (Å²) < 4.78 is 5.56. The Kier molecular flexibility index (Phi) is 5.69. The number of carboxylic acid groups (broad SMARTS) is 1. The third kappa shape index (κ3) is 4.53. The maximum Gasteiger partial charge on any atom is 0.339 e. The Morgan fingerprint density at radius 1 is 1.14 bits per heavy atom. The minimum Gasteiger partial charge on any atom is -0.492 e. The van der Waals surface area contributed by atoms with Crippen molar-refractivity contribution in [2.75, 3.05) is 12.4 Å². The third-order valence-corrected chi connectivity index (χ3v) is 4.09. The average Bonchev–Trinajstić information content (AvgIpc) is 2.49. The van der Waals surface area contributed by atoms with Crippen molar-refractivity contribution in [1.82, 2.24) is 0 Å². The smallest absolute Gasteiger partial charge is 0.339 e. The molecule has 0 aliphatic carbocycles. The summed E-state index contributed by atoms with van der Waals surface area (Å²) in [6.07, 6.45) is 0. The van der Waals surface area contributed by atoms with Crippen molar-refractivity contribution in [1.29, 1.82) is 0 Å². The van der Waals surface area contributed by atoms with Gasteiger partial charge >= 0.3 is 5.97 Å². The second-order valence-electron chi connectivity index (χ2n) is 4.63. The largest absolute Gasteiger partial charge is 0.492 e. The Labute approximate surface area is 129 Å². The number of para-hydroxylation sites is 1. The SMILES string of the molecule is Cc1ccccc1CSCCOc1ccccc1C(=O)O. The highest BCUT2D eigenvalue weighted by Crippen LogP contribution is 2.19. The molecule has 2 aromatic carbocycles. The van der Waals surface area contributed by atoms with Gasteiger partial charge in [0.2, 0.25) is 0 Å². The molecule has 0 aliphatic heterocycles. The van der Waals surface area contributed by atoms with Gasteiger partial charge in [0, 0.05) is 11.5 Å². The van der Waals surface area contributed by atoms with E-state index >= 15 is 0 Å². The molecule has 3 nitrogen and oxygen atoms in total. The second-order valence-corrected chi connectivity index (χ2v) is 5.73. The van der Waals surface area contributed by atoms with E-state index in [4.69, 9.17) is 9.84 Å². The fourth-order valence-corrected chi connectivity index (χ4v) is 2.82. The number of thioether (sulfide) groups is 1. The molecule has 0 spiro atoms. The first-order valence-electron chi connectivity index (χ1n) is 6.76. The number of carbonyl (C=O) groups is 1. The summed E-state index contributed by atoms with van der Waals surface area (Å²) in [5.41, 5.74) is 2.83. The van der Waals surface area contributed by atoms with Gasteiger partial charge < -0.3 is 9.84 Å². The zero-order chi connectivity index (χ0) is 15.1. The van der Waals surface area contributed by atoms with E-state index in [-0.39, 0.29) is 5.56 Å². The van der Waals surface area contributed by atoms with Crippen molar-refractivity contribution in [3.63, 3.8) is 0 Å². The number of aryl methyl sites for hydroxylation is 1. The molecule has 0 heterocycles. The van der Waals surface area contributed by atoms with Gasteiger partial charge in [-0.25, -0.2) is 4.79 Å². The molecule has 0 aliphatic rings. The van der Waals surface area contributed by atoms with E-state index in [1.54, 1.807) is 36.0 Å². The monoisotopic (exact) mass is 302 g/mol. The van der Waals surface area contributed by atoms with E-state index in [1.165, 1.54) is 11.1 Å². The van der Waals surface area contributed by atoms with E-state index in [9.17, 15) is 4.79 Å². The van der Waals surface area contributed by atoms with Crippen LogP contribution in [0.25, 0.3) is 0 Å². The molecule has 0 amide bonds. The summed E-state index contributed by atoms with van der Waals surface area (Å²) in [6, 6.07) is 15.0. The molecule has 1 N–H and O–H groups in total. The van der Waals surface area contributed by atoms with Crippen LogP contribution >= 0.6 is 11.8 Å². The molecule has 0 atom stereocenters. The van der Waals surface area contributed by atoms with E-state index in [2.05, 4.69) is 19.1 Å². The van der Waals surface area contributed by atoms with Crippen LogP contribution in [-0.2, 0) is 5.75 Å². The second kappa shape index (κ2) is 7.74. The predicted octanol–water partition coefficient (Wildman–Crippen LogP) is 4.01. The average molecular weight is 302 g/mol. The van der Waals surface area contributed by atoms with Crippen LogP contribution in [0.2, 0.25) is 0 Å². The molecule has 0 unspecified atom stereocenters. The summed E-state index contributed by atoms with van der Waals surface area (Å²) in [5, 5.41) is 9.06. The summed E-state index contributed by atoms with van der Waals surface area (Å²) in [7, 11) is 0. The summed E-state index contributed by atoms with van der Waals surface area (Å²) >= 11 is 1.78. The Balaban J connectivity index is 1.78.